The number of carbonyl (C=O) groups is 1. The lowest BCUT2D eigenvalue weighted by molar-refractivity contribution is -0.145. The highest BCUT2D eigenvalue weighted by molar-refractivity contribution is 5.76. The average Bonchev–Trinajstić information content (AvgIpc) is 2.39. The molecule has 0 heterocycles. The number of nitrogens with one attached hydrogen (secondary N) is 2. The fourth-order valence-corrected chi connectivity index (χ4v) is 1.61. The molecule has 100 valence electrons. The third kappa shape index (κ3) is 5.29. The molecule has 0 aliphatic heterocycles. The summed E-state index contributed by atoms with van der Waals surface area (Å²) in [6, 6.07) is 9.57. The minimum atomic E-state index is -0.348. The van der Waals surface area contributed by atoms with E-state index in [2.05, 4.69) is 17.8 Å². The molecular formula is C14H22N2O2. The molecule has 18 heavy (non-hydrogen) atoms. The van der Waals surface area contributed by atoms with Gasteiger partial charge in [-0.25, -0.2) is 5.43 Å². The highest BCUT2D eigenvalue weighted by Gasteiger charge is 2.19. The molecule has 0 radical (unpaired) electrons. The largest absolute Gasteiger partial charge is 0.465 e. The first kappa shape index (κ1) is 14.7. The first-order valence-electron chi connectivity index (χ1n) is 6.46. The molecule has 0 spiro atoms. The number of hydrazine groups is 1. The summed E-state index contributed by atoms with van der Waals surface area (Å²) >= 11 is 0. The fourth-order valence-electron chi connectivity index (χ4n) is 1.61. The van der Waals surface area contributed by atoms with Crippen molar-refractivity contribution in [1.82, 2.24) is 10.9 Å². The van der Waals surface area contributed by atoms with Crippen molar-refractivity contribution in [2.75, 3.05) is 13.2 Å². The predicted octanol–water partition coefficient (Wildman–Crippen LogP) is 1.66. The third-order valence-corrected chi connectivity index (χ3v) is 2.51. The molecule has 4 heteroatoms. The van der Waals surface area contributed by atoms with Gasteiger partial charge in [-0.2, -0.15) is 0 Å². The Morgan fingerprint density at radius 2 is 2.00 bits per heavy atom. The Morgan fingerprint density at radius 3 is 2.61 bits per heavy atom. The zero-order chi connectivity index (χ0) is 13.2. The van der Waals surface area contributed by atoms with Crippen LogP contribution in [0.3, 0.4) is 0 Å². The van der Waals surface area contributed by atoms with Crippen LogP contribution in [-0.2, 0) is 16.0 Å². The molecule has 1 aromatic rings. The number of hydrogen-bond donors (Lipinski definition) is 2. The smallest absolute Gasteiger partial charge is 0.324 e. The van der Waals surface area contributed by atoms with Crippen LogP contribution in [0, 0.1) is 0 Å². The van der Waals surface area contributed by atoms with Crippen LogP contribution in [0.2, 0.25) is 0 Å². The number of ether oxygens (including phenoxy) is 1. The second-order valence-electron chi connectivity index (χ2n) is 4.07. The van der Waals surface area contributed by atoms with Crippen molar-refractivity contribution < 1.29 is 9.53 Å². The zero-order valence-corrected chi connectivity index (χ0v) is 11.1. The Hall–Kier alpha value is -1.39. The Balaban J connectivity index is 2.56. The number of carbonyl (C=O) groups excluding carboxylic acids is 1. The highest BCUT2D eigenvalue weighted by atomic mass is 16.5. The normalized spacial score (nSPS) is 12.1. The molecule has 0 saturated carbocycles. The van der Waals surface area contributed by atoms with E-state index in [-0.39, 0.29) is 12.0 Å². The van der Waals surface area contributed by atoms with Crippen molar-refractivity contribution in [3.05, 3.63) is 35.9 Å². The first-order chi connectivity index (χ1) is 8.77. The Kier molecular flexibility index (Phi) is 7.06. The molecule has 0 fully saturated rings. The lowest BCUT2D eigenvalue weighted by Gasteiger charge is -2.17. The van der Waals surface area contributed by atoms with Gasteiger partial charge in [0.05, 0.1) is 6.61 Å². The molecule has 0 aliphatic carbocycles. The van der Waals surface area contributed by atoms with Gasteiger partial charge in [0.1, 0.15) is 6.04 Å². The summed E-state index contributed by atoms with van der Waals surface area (Å²) in [4.78, 5) is 11.8. The van der Waals surface area contributed by atoms with Gasteiger partial charge in [-0.15, -0.1) is 0 Å². The van der Waals surface area contributed by atoms with E-state index in [1.54, 1.807) is 0 Å². The molecule has 1 aromatic carbocycles. The summed E-state index contributed by atoms with van der Waals surface area (Å²) in [7, 11) is 0. The predicted molar refractivity (Wildman–Crippen MR) is 72.0 cm³/mol. The molecule has 2 N–H and O–H groups in total. The molecular weight excluding hydrogens is 228 g/mol. The molecule has 1 rings (SSSR count). The zero-order valence-electron chi connectivity index (χ0n) is 11.1. The maximum atomic E-state index is 11.8. The third-order valence-electron chi connectivity index (χ3n) is 2.51. The summed E-state index contributed by atoms with van der Waals surface area (Å²) in [5, 5.41) is 0. The van der Waals surface area contributed by atoms with Gasteiger partial charge in [0.25, 0.3) is 0 Å². The van der Waals surface area contributed by atoms with Gasteiger partial charge in [0.15, 0.2) is 0 Å². The van der Waals surface area contributed by atoms with Crippen LogP contribution in [0.25, 0.3) is 0 Å². The first-order valence-corrected chi connectivity index (χ1v) is 6.46. The topological polar surface area (TPSA) is 50.4 Å². The molecule has 0 aromatic heterocycles. The van der Waals surface area contributed by atoms with Crippen LogP contribution in [0.1, 0.15) is 25.8 Å². The Morgan fingerprint density at radius 1 is 1.28 bits per heavy atom. The van der Waals surface area contributed by atoms with E-state index in [1.165, 1.54) is 0 Å². The van der Waals surface area contributed by atoms with Crippen LogP contribution in [0.4, 0.5) is 0 Å². The molecule has 0 saturated heterocycles. The maximum Gasteiger partial charge on any atom is 0.324 e. The van der Waals surface area contributed by atoms with Crippen LogP contribution in [0.5, 0.6) is 0 Å². The van der Waals surface area contributed by atoms with E-state index in [0.717, 1.165) is 18.5 Å². The van der Waals surface area contributed by atoms with E-state index in [0.29, 0.717) is 13.0 Å². The van der Waals surface area contributed by atoms with Gasteiger partial charge < -0.3 is 4.74 Å². The van der Waals surface area contributed by atoms with E-state index < -0.39 is 0 Å². The van der Waals surface area contributed by atoms with Crippen molar-refractivity contribution >= 4 is 5.97 Å². The van der Waals surface area contributed by atoms with Gasteiger partial charge in [0.2, 0.25) is 0 Å². The monoisotopic (exact) mass is 250 g/mol. The lowest BCUT2D eigenvalue weighted by Crippen LogP contribution is -2.47. The lowest BCUT2D eigenvalue weighted by atomic mass is 10.1. The van der Waals surface area contributed by atoms with Crippen LogP contribution < -0.4 is 10.9 Å². The van der Waals surface area contributed by atoms with Crippen LogP contribution in [-0.4, -0.2) is 25.2 Å². The van der Waals surface area contributed by atoms with Crippen LogP contribution in [0.15, 0.2) is 30.3 Å². The standard InChI is InChI=1S/C14H22N2O2/c1-3-10-15-16-13(14(17)18-4-2)11-12-8-6-5-7-9-12/h5-9,13,15-16H,3-4,10-11H2,1-2H3/t13-/m0/s1. The molecule has 0 aliphatic rings. The van der Waals surface area contributed by atoms with E-state index in [4.69, 9.17) is 4.74 Å². The van der Waals surface area contributed by atoms with E-state index >= 15 is 0 Å². The second kappa shape index (κ2) is 8.66. The Labute approximate surface area is 109 Å². The second-order valence-corrected chi connectivity index (χ2v) is 4.07. The number of hydrogen-bond acceptors (Lipinski definition) is 4. The van der Waals surface area contributed by atoms with Crippen molar-refractivity contribution in [2.45, 2.75) is 32.7 Å². The van der Waals surface area contributed by atoms with Crippen molar-refractivity contribution in [3.63, 3.8) is 0 Å². The summed E-state index contributed by atoms with van der Waals surface area (Å²) in [5.74, 6) is -0.218. The van der Waals surface area contributed by atoms with Gasteiger partial charge in [-0.05, 0) is 25.3 Å². The summed E-state index contributed by atoms with van der Waals surface area (Å²) in [5.41, 5.74) is 7.19. The number of rotatable bonds is 8. The minimum Gasteiger partial charge on any atom is -0.465 e. The highest BCUT2D eigenvalue weighted by Crippen LogP contribution is 2.04. The SMILES string of the molecule is CCCNN[C@@H](Cc1ccccc1)C(=O)OCC. The van der Waals surface area contributed by atoms with Crippen molar-refractivity contribution in [1.29, 1.82) is 0 Å². The molecule has 0 bridgehead atoms. The quantitative estimate of drug-likeness (QED) is 0.418. The number of esters is 1. The molecule has 1 atom stereocenters. The summed E-state index contributed by atoms with van der Waals surface area (Å²) in [6.07, 6.45) is 1.63. The van der Waals surface area contributed by atoms with Gasteiger partial charge in [-0.1, -0.05) is 37.3 Å². The summed E-state index contributed by atoms with van der Waals surface area (Å²) in [6.45, 7) is 5.12. The average molecular weight is 250 g/mol. The molecule has 0 amide bonds. The van der Waals surface area contributed by atoms with Gasteiger partial charge in [0, 0.05) is 6.54 Å². The van der Waals surface area contributed by atoms with Crippen molar-refractivity contribution in [3.8, 4) is 0 Å². The fraction of sp³-hybridized carbons (Fsp3) is 0.500. The van der Waals surface area contributed by atoms with Crippen molar-refractivity contribution in [2.24, 2.45) is 0 Å². The summed E-state index contributed by atoms with van der Waals surface area (Å²) < 4.78 is 5.07. The van der Waals surface area contributed by atoms with E-state index in [9.17, 15) is 4.79 Å². The number of benzene rings is 1. The molecule has 0 unspecified atom stereocenters. The van der Waals surface area contributed by atoms with Gasteiger partial charge in [-0.3, -0.25) is 10.2 Å². The van der Waals surface area contributed by atoms with E-state index in [1.807, 2.05) is 37.3 Å². The van der Waals surface area contributed by atoms with Crippen LogP contribution >= 0.6 is 0 Å². The molecule has 4 nitrogen and oxygen atoms in total. The maximum absolute atomic E-state index is 11.8. The Bertz CT molecular complexity index is 341. The minimum absolute atomic E-state index is 0.218. The van der Waals surface area contributed by atoms with Gasteiger partial charge >= 0.3 is 5.97 Å².